The van der Waals surface area contributed by atoms with Crippen LogP contribution >= 0.6 is 11.3 Å². The van der Waals surface area contributed by atoms with Crippen LogP contribution in [-0.2, 0) is 4.79 Å². The van der Waals surface area contributed by atoms with Crippen molar-refractivity contribution < 1.29 is 9.59 Å². The van der Waals surface area contributed by atoms with Crippen molar-refractivity contribution in [3.8, 4) is 11.3 Å². The summed E-state index contributed by atoms with van der Waals surface area (Å²) in [6.07, 6.45) is 7.46. The lowest BCUT2D eigenvalue weighted by Crippen LogP contribution is -2.20. The molecule has 0 saturated heterocycles. The van der Waals surface area contributed by atoms with Gasteiger partial charge in [0.2, 0.25) is 5.91 Å². The second-order valence-electron chi connectivity index (χ2n) is 6.89. The number of hydrogen-bond donors (Lipinski definition) is 3. The minimum atomic E-state index is -0.504. The molecule has 2 aromatic heterocycles. The number of nitrogens with zero attached hydrogens (tertiary/aromatic N) is 1. The lowest BCUT2D eigenvalue weighted by atomic mass is 9.86. The highest BCUT2D eigenvalue weighted by Gasteiger charge is 2.40. The number of rotatable bonds is 5. The molecule has 0 aliphatic heterocycles. The molecule has 4 N–H and O–H groups in total. The molecule has 2 heterocycles. The molecule has 24 heavy (non-hydrogen) atoms. The van der Waals surface area contributed by atoms with Crippen molar-refractivity contribution in [1.29, 1.82) is 0 Å². The zero-order valence-electron chi connectivity index (χ0n) is 13.2. The number of amides is 2. The summed E-state index contributed by atoms with van der Waals surface area (Å²) in [5.41, 5.74) is 7.09. The number of fused-ring (bicyclic) bond motifs is 2. The minimum Gasteiger partial charge on any atom is -0.364 e. The summed E-state index contributed by atoms with van der Waals surface area (Å²) in [4.78, 5) is 30.7. The van der Waals surface area contributed by atoms with E-state index in [1.54, 1.807) is 12.3 Å². The molecule has 0 aromatic carbocycles. The van der Waals surface area contributed by atoms with Gasteiger partial charge < -0.3 is 16.0 Å². The summed E-state index contributed by atoms with van der Waals surface area (Å²) in [6.45, 7) is 0. The number of hydrogen-bond acceptors (Lipinski definition) is 4. The van der Waals surface area contributed by atoms with Crippen LogP contribution in [0.2, 0.25) is 0 Å². The van der Waals surface area contributed by atoms with Crippen molar-refractivity contribution in [3.05, 3.63) is 23.3 Å². The number of carbonyl (C=O) groups is 2. The normalized spacial score (nSPS) is 25.1. The molecule has 7 heteroatoms. The Morgan fingerprint density at radius 2 is 2.25 bits per heavy atom. The molecule has 4 rings (SSSR count). The number of thiazole rings is 1. The van der Waals surface area contributed by atoms with E-state index in [4.69, 9.17) is 5.73 Å². The smallest absolute Gasteiger partial charge is 0.265 e. The van der Waals surface area contributed by atoms with E-state index in [1.165, 1.54) is 37.0 Å². The summed E-state index contributed by atoms with van der Waals surface area (Å²) in [7, 11) is 0. The van der Waals surface area contributed by atoms with Crippen LogP contribution in [0, 0.1) is 17.8 Å². The number of nitrogens with one attached hydrogen (secondary N) is 2. The van der Waals surface area contributed by atoms with E-state index in [9.17, 15) is 9.59 Å². The van der Waals surface area contributed by atoms with E-state index in [0.717, 1.165) is 23.1 Å². The fourth-order valence-corrected chi connectivity index (χ4v) is 4.92. The molecule has 2 aromatic rings. The number of anilines is 1. The van der Waals surface area contributed by atoms with Crippen molar-refractivity contribution in [2.45, 2.75) is 32.1 Å². The minimum absolute atomic E-state index is 0.0559. The van der Waals surface area contributed by atoms with Crippen LogP contribution in [0.15, 0.2) is 17.6 Å². The molecule has 3 unspecified atom stereocenters. The predicted molar refractivity (Wildman–Crippen MR) is 92.6 cm³/mol. The van der Waals surface area contributed by atoms with Gasteiger partial charge in [-0.25, -0.2) is 4.98 Å². The molecule has 3 atom stereocenters. The Balaban J connectivity index is 1.37. The lowest BCUT2D eigenvalue weighted by molar-refractivity contribution is -0.117. The van der Waals surface area contributed by atoms with Crippen LogP contribution < -0.4 is 11.1 Å². The summed E-state index contributed by atoms with van der Waals surface area (Å²) in [6, 6.07) is 1.66. The Labute approximate surface area is 143 Å². The number of primary amides is 1. The van der Waals surface area contributed by atoms with Gasteiger partial charge in [-0.05, 0) is 43.1 Å². The first-order valence-electron chi connectivity index (χ1n) is 8.32. The standard InChI is InChI=1S/C17H20N4O2S/c18-16(23)13-5-12(7-19-13)14-8-24-17(20-14)21-15(22)6-11-4-9-1-2-10(11)3-9/h5,7-11,19H,1-4,6H2,(H2,18,23)(H,20,21,22). The Hall–Kier alpha value is -2.15. The summed E-state index contributed by atoms with van der Waals surface area (Å²) >= 11 is 1.39. The maximum absolute atomic E-state index is 12.3. The average molecular weight is 344 g/mol. The van der Waals surface area contributed by atoms with Crippen LogP contribution in [0.1, 0.15) is 42.6 Å². The van der Waals surface area contributed by atoms with E-state index in [1.807, 2.05) is 5.38 Å². The van der Waals surface area contributed by atoms with Gasteiger partial charge in [0, 0.05) is 23.6 Å². The highest BCUT2D eigenvalue weighted by Crippen LogP contribution is 2.49. The molecule has 2 amide bonds. The first-order valence-corrected chi connectivity index (χ1v) is 9.20. The van der Waals surface area contributed by atoms with Gasteiger partial charge in [-0.2, -0.15) is 0 Å². The summed E-state index contributed by atoms with van der Waals surface area (Å²) in [5.74, 6) is 1.70. The fraction of sp³-hybridized carbons (Fsp3) is 0.471. The summed E-state index contributed by atoms with van der Waals surface area (Å²) < 4.78 is 0. The molecule has 2 aliphatic carbocycles. The molecule has 2 saturated carbocycles. The van der Waals surface area contributed by atoms with Crippen molar-refractivity contribution in [3.63, 3.8) is 0 Å². The van der Waals surface area contributed by atoms with Gasteiger partial charge in [0.05, 0.1) is 5.69 Å². The highest BCUT2D eigenvalue weighted by atomic mass is 32.1. The van der Waals surface area contributed by atoms with Gasteiger partial charge in [-0.3, -0.25) is 9.59 Å². The topological polar surface area (TPSA) is 101 Å². The number of aromatic amines is 1. The van der Waals surface area contributed by atoms with Gasteiger partial charge >= 0.3 is 0 Å². The predicted octanol–water partition coefficient (Wildman–Crippen LogP) is 3.00. The van der Waals surface area contributed by atoms with Crippen LogP contribution in [0.5, 0.6) is 0 Å². The van der Waals surface area contributed by atoms with E-state index in [2.05, 4.69) is 15.3 Å². The van der Waals surface area contributed by atoms with Crippen LogP contribution in [0.4, 0.5) is 5.13 Å². The van der Waals surface area contributed by atoms with Crippen molar-refractivity contribution in [2.75, 3.05) is 5.32 Å². The number of carbonyl (C=O) groups excluding carboxylic acids is 2. The zero-order chi connectivity index (χ0) is 16.7. The Morgan fingerprint density at radius 3 is 2.92 bits per heavy atom. The van der Waals surface area contributed by atoms with Crippen LogP contribution in [0.3, 0.4) is 0 Å². The second-order valence-corrected chi connectivity index (χ2v) is 7.75. The molecule has 126 valence electrons. The molecule has 2 bridgehead atoms. The quantitative estimate of drug-likeness (QED) is 0.777. The fourth-order valence-electron chi connectivity index (χ4n) is 4.18. The van der Waals surface area contributed by atoms with Crippen LogP contribution in [-0.4, -0.2) is 21.8 Å². The molecule has 6 nitrogen and oxygen atoms in total. The number of H-pyrrole nitrogens is 1. The zero-order valence-corrected chi connectivity index (χ0v) is 14.1. The third-order valence-electron chi connectivity index (χ3n) is 5.33. The average Bonchev–Trinajstić information content (AvgIpc) is 3.31. The first kappa shape index (κ1) is 15.4. The van der Waals surface area contributed by atoms with Gasteiger partial charge in [-0.15, -0.1) is 11.3 Å². The second kappa shape index (κ2) is 6.05. The number of nitrogens with two attached hydrogens (primary N) is 1. The highest BCUT2D eigenvalue weighted by molar-refractivity contribution is 7.14. The molecule has 2 aliphatic rings. The first-order chi connectivity index (χ1) is 11.6. The van der Waals surface area contributed by atoms with Gasteiger partial charge in [0.1, 0.15) is 5.69 Å². The SMILES string of the molecule is NC(=O)c1cc(-c2csc(NC(=O)CC3CC4CCC3C4)n2)c[nH]1. The number of aromatic nitrogens is 2. The molecular formula is C17H20N4O2S. The maximum Gasteiger partial charge on any atom is 0.265 e. The largest absolute Gasteiger partial charge is 0.364 e. The molecule has 2 fully saturated rings. The molecule has 0 spiro atoms. The third kappa shape index (κ3) is 2.96. The van der Waals surface area contributed by atoms with E-state index in [0.29, 0.717) is 23.2 Å². The van der Waals surface area contributed by atoms with Crippen molar-refractivity contribution in [2.24, 2.45) is 23.5 Å². The Bertz CT molecular complexity index is 781. The monoisotopic (exact) mass is 344 g/mol. The lowest BCUT2D eigenvalue weighted by Gasteiger charge is -2.20. The van der Waals surface area contributed by atoms with Crippen LogP contribution in [0.25, 0.3) is 11.3 Å². The Kier molecular flexibility index (Phi) is 3.88. The van der Waals surface area contributed by atoms with E-state index in [-0.39, 0.29) is 5.91 Å². The van der Waals surface area contributed by atoms with Gasteiger partial charge in [-0.1, -0.05) is 6.42 Å². The molecular weight excluding hydrogens is 324 g/mol. The van der Waals surface area contributed by atoms with Gasteiger partial charge in [0.15, 0.2) is 5.13 Å². The van der Waals surface area contributed by atoms with Crippen molar-refractivity contribution in [1.82, 2.24) is 9.97 Å². The summed E-state index contributed by atoms with van der Waals surface area (Å²) in [5, 5.41) is 5.37. The van der Waals surface area contributed by atoms with E-state index >= 15 is 0 Å². The third-order valence-corrected chi connectivity index (χ3v) is 6.08. The van der Waals surface area contributed by atoms with E-state index < -0.39 is 5.91 Å². The maximum atomic E-state index is 12.3. The van der Waals surface area contributed by atoms with Crippen molar-refractivity contribution >= 4 is 28.3 Å². The molecule has 0 radical (unpaired) electrons. The van der Waals surface area contributed by atoms with Gasteiger partial charge in [0.25, 0.3) is 5.91 Å². The Morgan fingerprint density at radius 1 is 1.38 bits per heavy atom.